The van der Waals surface area contributed by atoms with Crippen molar-refractivity contribution in [2.45, 2.75) is 31.3 Å². The molecular formula is C13H12ClNO3. The van der Waals surface area contributed by atoms with Gasteiger partial charge in [0.2, 0.25) is 0 Å². The number of hydrogen-bond donors (Lipinski definition) is 1. The molecule has 3 rings (SSSR count). The van der Waals surface area contributed by atoms with Gasteiger partial charge in [0, 0.05) is 23.4 Å². The van der Waals surface area contributed by atoms with E-state index in [4.69, 9.17) is 16.3 Å². The summed E-state index contributed by atoms with van der Waals surface area (Å²) in [6, 6.07) is 5.32. The van der Waals surface area contributed by atoms with E-state index in [1.807, 2.05) is 6.07 Å². The van der Waals surface area contributed by atoms with Gasteiger partial charge in [-0.3, -0.25) is 10.1 Å². The van der Waals surface area contributed by atoms with Crippen molar-refractivity contribution in [1.82, 2.24) is 0 Å². The third-order valence-electron chi connectivity index (χ3n) is 3.61. The number of halogens is 1. The molecule has 1 saturated carbocycles. The Bertz CT molecular complexity index is 531. The summed E-state index contributed by atoms with van der Waals surface area (Å²) in [4.78, 5) is 23.0. The topological polar surface area (TPSA) is 55.4 Å². The van der Waals surface area contributed by atoms with Crippen molar-refractivity contribution in [2.24, 2.45) is 0 Å². The summed E-state index contributed by atoms with van der Waals surface area (Å²) in [5.41, 5.74) is 0.920. The van der Waals surface area contributed by atoms with E-state index >= 15 is 0 Å². The minimum atomic E-state index is -0.684. The van der Waals surface area contributed by atoms with Crippen LogP contribution in [0.3, 0.4) is 0 Å². The maximum atomic E-state index is 11.6. The van der Waals surface area contributed by atoms with Gasteiger partial charge in [0.25, 0.3) is 0 Å². The number of carbonyl (C=O) groups is 2. The van der Waals surface area contributed by atoms with Crippen molar-refractivity contribution in [3.63, 3.8) is 0 Å². The van der Waals surface area contributed by atoms with E-state index in [0.29, 0.717) is 30.7 Å². The second-order valence-electron chi connectivity index (χ2n) is 4.74. The molecule has 0 unspecified atom stereocenters. The molecule has 1 aliphatic heterocycles. The van der Waals surface area contributed by atoms with E-state index < -0.39 is 11.7 Å². The maximum absolute atomic E-state index is 11.6. The first-order valence-corrected chi connectivity index (χ1v) is 6.29. The molecule has 0 atom stereocenters. The van der Waals surface area contributed by atoms with Crippen LogP contribution in [-0.2, 0) is 15.1 Å². The second-order valence-corrected chi connectivity index (χ2v) is 5.17. The number of nitrogens with one attached hydrogen (secondary N) is 1. The van der Waals surface area contributed by atoms with Gasteiger partial charge in [0.1, 0.15) is 11.4 Å². The molecule has 1 amide bonds. The maximum Gasteiger partial charge on any atom is 0.412 e. The first-order chi connectivity index (χ1) is 8.59. The third-order valence-corrected chi connectivity index (χ3v) is 3.85. The number of benzene rings is 1. The number of ether oxygens (including phenoxy) is 1. The standard InChI is InChI=1S/C13H12ClNO3/c14-8-1-2-11-10(7-8)13(18-12(17)15-11)5-3-9(16)4-6-13/h1-2,7H,3-6H2,(H,15,17). The van der Waals surface area contributed by atoms with Gasteiger partial charge in [-0.1, -0.05) is 11.6 Å². The minimum absolute atomic E-state index is 0.221. The first kappa shape index (κ1) is 11.5. The predicted molar refractivity (Wildman–Crippen MR) is 66.7 cm³/mol. The largest absolute Gasteiger partial charge is 0.438 e. The molecule has 0 radical (unpaired) electrons. The van der Waals surface area contributed by atoms with Gasteiger partial charge in [-0.2, -0.15) is 0 Å². The number of amides is 1. The van der Waals surface area contributed by atoms with Crippen molar-refractivity contribution in [1.29, 1.82) is 0 Å². The van der Waals surface area contributed by atoms with Crippen LogP contribution < -0.4 is 5.32 Å². The van der Waals surface area contributed by atoms with E-state index in [1.165, 1.54) is 0 Å². The summed E-state index contributed by atoms with van der Waals surface area (Å²) in [5.74, 6) is 0.221. The van der Waals surface area contributed by atoms with Crippen molar-refractivity contribution in [3.8, 4) is 0 Å². The number of hydrogen-bond acceptors (Lipinski definition) is 3. The number of anilines is 1. The number of carbonyl (C=O) groups excluding carboxylic acids is 2. The molecule has 4 nitrogen and oxygen atoms in total. The van der Waals surface area contributed by atoms with Crippen LogP contribution in [0.25, 0.3) is 0 Å². The van der Waals surface area contributed by atoms with Crippen LogP contribution in [0.5, 0.6) is 0 Å². The molecule has 0 saturated heterocycles. The fraction of sp³-hybridized carbons (Fsp3) is 0.385. The number of rotatable bonds is 0. The molecule has 2 aliphatic rings. The normalized spacial score (nSPS) is 21.2. The highest BCUT2D eigenvalue weighted by molar-refractivity contribution is 6.30. The van der Waals surface area contributed by atoms with E-state index in [1.54, 1.807) is 12.1 Å². The van der Waals surface area contributed by atoms with Gasteiger partial charge in [-0.25, -0.2) is 4.79 Å². The first-order valence-electron chi connectivity index (χ1n) is 5.91. The highest BCUT2D eigenvalue weighted by Crippen LogP contribution is 2.45. The van der Waals surface area contributed by atoms with Gasteiger partial charge in [-0.15, -0.1) is 0 Å². The molecule has 0 aromatic heterocycles. The summed E-state index contributed by atoms with van der Waals surface area (Å²) in [6.45, 7) is 0. The van der Waals surface area contributed by atoms with Crippen molar-refractivity contribution < 1.29 is 14.3 Å². The van der Waals surface area contributed by atoms with Gasteiger partial charge in [-0.05, 0) is 31.0 Å². The monoisotopic (exact) mass is 265 g/mol. The summed E-state index contributed by atoms with van der Waals surface area (Å²) >= 11 is 6.01. The number of fused-ring (bicyclic) bond motifs is 2. The zero-order valence-electron chi connectivity index (χ0n) is 9.66. The molecule has 94 valence electrons. The van der Waals surface area contributed by atoms with Crippen molar-refractivity contribution in [3.05, 3.63) is 28.8 Å². The highest BCUT2D eigenvalue weighted by atomic mass is 35.5. The van der Waals surface area contributed by atoms with Crippen LogP contribution in [0.4, 0.5) is 10.5 Å². The van der Waals surface area contributed by atoms with Crippen LogP contribution in [0, 0.1) is 0 Å². The van der Waals surface area contributed by atoms with E-state index in [0.717, 1.165) is 11.3 Å². The minimum Gasteiger partial charge on any atom is -0.438 e. The highest BCUT2D eigenvalue weighted by Gasteiger charge is 2.44. The summed E-state index contributed by atoms with van der Waals surface area (Å²) in [7, 11) is 0. The summed E-state index contributed by atoms with van der Waals surface area (Å²) in [6.07, 6.45) is 1.50. The Balaban J connectivity index is 2.08. The van der Waals surface area contributed by atoms with Gasteiger partial charge in [0.15, 0.2) is 0 Å². The third kappa shape index (κ3) is 1.77. The summed E-state index contributed by atoms with van der Waals surface area (Å²) in [5, 5.41) is 3.27. The Kier molecular flexibility index (Phi) is 2.55. The number of ketones is 1. The Morgan fingerprint density at radius 2 is 1.94 bits per heavy atom. The van der Waals surface area contributed by atoms with Crippen LogP contribution in [0.2, 0.25) is 5.02 Å². The Labute approximate surface area is 109 Å². The van der Waals surface area contributed by atoms with E-state index in [2.05, 4.69) is 5.32 Å². The van der Waals surface area contributed by atoms with Crippen LogP contribution in [0.15, 0.2) is 18.2 Å². The van der Waals surface area contributed by atoms with E-state index in [9.17, 15) is 9.59 Å². The Hall–Kier alpha value is -1.55. The van der Waals surface area contributed by atoms with Crippen molar-refractivity contribution >= 4 is 29.2 Å². The molecule has 0 bridgehead atoms. The predicted octanol–water partition coefficient (Wildman–Crippen LogP) is 3.24. The zero-order chi connectivity index (χ0) is 12.8. The van der Waals surface area contributed by atoms with Crippen LogP contribution in [-0.4, -0.2) is 11.9 Å². The fourth-order valence-corrected chi connectivity index (χ4v) is 2.85. The fourth-order valence-electron chi connectivity index (χ4n) is 2.67. The SMILES string of the molecule is O=C1CCC2(CC1)OC(=O)Nc1ccc(Cl)cc12. The molecule has 1 spiro atoms. The van der Waals surface area contributed by atoms with Crippen molar-refractivity contribution in [2.75, 3.05) is 5.32 Å². The lowest BCUT2D eigenvalue weighted by molar-refractivity contribution is -0.126. The molecule has 1 fully saturated rings. The molecule has 1 aliphatic carbocycles. The van der Waals surface area contributed by atoms with Gasteiger partial charge >= 0.3 is 6.09 Å². The molecule has 1 aromatic carbocycles. The Morgan fingerprint density at radius 1 is 1.22 bits per heavy atom. The molecular weight excluding hydrogens is 254 g/mol. The van der Waals surface area contributed by atoms with Gasteiger partial charge in [0.05, 0.1) is 5.69 Å². The molecule has 5 heteroatoms. The lowest BCUT2D eigenvalue weighted by atomic mass is 9.77. The average molecular weight is 266 g/mol. The van der Waals surface area contributed by atoms with Crippen LogP contribution in [0.1, 0.15) is 31.2 Å². The molecule has 1 N–H and O–H groups in total. The smallest absolute Gasteiger partial charge is 0.412 e. The van der Waals surface area contributed by atoms with Gasteiger partial charge < -0.3 is 4.74 Å². The van der Waals surface area contributed by atoms with Crippen LogP contribution >= 0.6 is 11.6 Å². The quantitative estimate of drug-likeness (QED) is 0.783. The molecule has 1 heterocycles. The Morgan fingerprint density at radius 3 is 2.67 bits per heavy atom. The zero-order valence-corrected chi connectivity index (χ0v) is 10.4. The summed E-state index contributed by atoms with van der Waals surface area (Å²) < 4.78 is 5.48. The molecule has 1 aromatic rings. The lowest BCUT2D eigenvalue weighted by Crippen LogP contribution is -2.42. The average Bonchev–Trinajstić information content (AvgIpc) is 2.34. The molecule has 18 heavy (non-hydrogen) atoms. The second kappa shape index (κ2) is 3.99. The lowest BCUT2D eigenvalue weighted by Gasteiger charge is -2.40. The van der Waals surface area contributed by atoms with E-state index in [-0.39, 0.29) is 5.78 Å². The number of Topliss-reactive ketones (excluding diaryl/α,β-unsaturated/α-hetero) is 1.